The number of anilines is 5. The number of ether oxygens (including phenoxy) is 1. The van der Waals surface area contributed by atoms with Crippen molar-refractivity contribution in [1.29, 1.82) is 0 Å². The Labute approximate surface area is 221 Å². The van der Waals surface area contributed by atoms with Gasteiger partial charge in [0.25, 0.3) is 0 Å². The van der Waals surface area contributed by atoms with Gasteiger partial charge in [-0.15, -0.1) is 0 Å². The Bertz CT molecular complexity index is 1560. The Morgan fingerprint density at radius 1 is 0.821 bits per heavy atom. The van der Waals surface area contributed by atoms with E-state index < -0.39 is 21.8 Å². The maximum atomic E-state index is 12.8. The van der Waals surface area contributed by atoms with Crippen LogP contribution in [0.15, 0.2) is 82.8 Å². The summed E-state index contributed by atoms with van der Waals surface area (Å²) in [7, 11) is -2.31. The summed E-state index contributed by atoms with van der Waals surface area (Å²) in [5, 5.41) is 15.1. The lowest BCUT2D eigenvalue weighted by Crippen LogP contribution is -2.12. The molecule has 1 aromatic heterocycles. The number of hydrogen-bond acceptors (Lipinski definition) is 10. The summed E-state index contributed by atoms with van der Waals surface area (Å²) in [6.07, 6.45) is -3.13. The molecule has 0 amide bonds. The van der Waals surface area contributed by atoms with E-state index in [1.165, 1.54) is 42.6 Å². The van der Waals surface area contributed by atoms with Crippen molar-refractivity contribution in [2.24, 2.45) is 10.2 Å². The number of rotatable bonds is 9. The number of aromatic nitrogens is 3. The van der Waals surface area contributed by atoms with Gasteiger partial charge in [0.05, 0.1) is 23.8 Å². The molecular formula is C24H21F3N8O3S. The number of alkyl halides is 3. The highest BCUT2D eigenvalue weighted by atomic mass is 32.2. The minimum atomic E-state index is -4.44. The SMILES string of the molecule is COc1ccc(Nc2nc(N/N=C/c3ccc(C(F)(F)F)cc3)nc(Nc3ccc(S(N)(=O)=O)cc3)n2)cc1. The third kappa shape index (κ3) is 7.62. The molecule has 0 spiro atoms. The fraction of sp³-hybridized carbons (Fsp3) is 0.0833. The Hall–Kier alpha value is -4.76. The number of hydrogen-bond donors (Lipinski definition) is 4. The highest BCUT2D eigenvalue weighted by molar-refractivity contribution is 7.89. The van der Waals surface area contributed by atoms with E-state index in [4.69, 9.17) is 9.88 Å². The van der Waals surface area contributed by atoms with Gasteiger partial charge >= 0.3 is 6.18 Å². The Morgan fingerprint density at radius 3 is 1.82 bits per heavy atom. The summed E-state index contributed by atoms with van der Waals surface area (Å²) in [5.74, 6) is 0.872. The molecule has 0 saturated carbocycles. The first-order valence-electron chi connectivity index (χ1n) is 11.0. The molecule has 202 valence electrons. The van der Waals surface area contributed by atoms with Crippen LogP contribution in [0.3, 0.4) is 0 Å². The van der Waals surface area contributed by atoms with E-state index >= 15 is 0 Å². The van der Waals surface area contributed by atoms with Gasteiger partial charge in [-0.05, 0) is 66.2 Å². The zero-order valence-electron chi connectivity index (χ0n) is 20.1. The molecule has 0 aliphatic carbocycles. The van der Waals surface area contributed by atoms with E-state index in [2.05, 4.69) is 36.1 Å². The summed E-state index contributed by atoms with van der Waals surface area (Å²) < 4.78 is 66.5. The number of sulfonamides is 1. The van der Waals surface area contributed by atoms with E-state index in [1.807, 2.05) is 0 Å². The summed E-state index contributed by atoms with van der Waals surface area (Å²) in [4.78, 5) is 12.8. The minimum absolute atomic E-state index is 0.00725. The van der Waals surface area contributed by atoms with Crippen molar-refractivity contribution in [3.05, 3.63) is 83.9 Å². The summed E-state index contributed by atoms with van der Waals surface area (Å²) in [5.41, 5.74) is 3.37. The van der Waals surface area contributed by atoms with E-state index in [-0.39, 0.29) is 22.7 Å². The lowest BCUT2D eigenvalue weighted by atomic mass is 10.1. The van der Waals surface area contributed by atoms with Gasteiger partial charge in [-0.1, -0.05) is 12.1 Å². The molecule has 0 saturated heterocycles. The van der Waals surface area contributed by atoms with Gasteiger partial charge in [0.15, 0.2) is 0 Å². The molecule has 4 rings (SSSR count). The number of nitrogens with one attached hydrogen (secondary N) is 3. The first-order valence-corrected chi connectivity index (χ1v) is 12.6. The largest absolute Gasteiger partial charge is 0.497 e. The van der Waals surface area contributed by atoms with Crippen molar-refractivity contribution in [3.63, 3.8) is 0 Å². The van der Waals surface area contributed by atoms with Crippen molar-refractivity contribution in [1.82, 2.24) is 15.0 Å². The van der Waals surface area contributed by atoms with Crippen LogP contribution >= 0.6 is 0 Å². The molecule has 0 fully saturated rings. The highest BCUT2D eigenvalue weighted by Crippen LogP contribution is 2.29. The third-order valence-electron chi connectivity index (χ3n) is 5.04. The van der Waals surface area contributed by atoms with Crippen LogP contribution in [0.2, 0.25) is 0 Å². The quantitative estimate of drug-likeness (QED) is 0.172. The van der Waals surface area contributed by atoms with Crippen molar-refractivity contribution in [2.45, 2.75) is 11.1 Å². The van der Waals surface area contributed by atoms with Crippen molar-refractivity contribution in [2.75, 3.05) is 23.2 Å². The monoisotopic (exact) mass is 558 g/mol. The van der Waals surface area contributed by atoms with Crippen LogP contribution in [0.25, 0.3) is 0 Å². The number of nitrogens with zero attached hydrogens (tertiary/aromatic N) is 4. The molecule has 39 heavy (non-hydrogen) atoms. The minimum Gasteiger partial charge on any atom is -0.497 e. The Kier molecular flexibility index (Phi) is 7.92. The van der Waals surface area contributed by atoms with Gasteiger partial charge in [-0.2, -0.15) is 33.2 Å². The van der Waals surface area contributed by atoms with Crippen LogP contribution in [0.4, 0.5) is 42.4 Å². The van der Waals surface area contributed by atoms with E-state index in [0.29, 0.717) is 22.7 Å². The Balaban J connectivity index is 1.56. The number of hydrazone groups is 1. The van der Waals surface area contributed by atoms with E-state index in [0.717, 1.165) is 12.1 Å². The second-order valence-corrected chi connectivity index (χ2v) is 9.41. The average Bonchev–Trinajstić information content (AvgIpc) is 2.89. The van der Waals surface area contributed by atoms with Gasteiger partial charge in [-0.3, -0.25) is 0 Å². The van der Waals surface area contributed by atoms with Gasteiger partial charge in [0.2, 0.25) is 27.9 Å². The molecule has 0 aliphatic heterocycles. The summed E-state index contributed by atoms with van der Waals surface area (Å²) >= 11 is 0. The van der Waals surface area contributed by atoms with Gasteiger partial charge < -0.3 is 15.4 Å². The van der Waals surface area contributed by atoms with Crippen molar-refractivity contribution >= 4 is 45.5 Å². The fourth-order valence-corrected chi connectivity index (χ4v) is 3.64. The van der Waals surface area contributed by atoms with Crippen molar-refractivity contribution < 1.29 is 26.3 Å². The molecule has 11 nitrogen and oxygen atoms in total. The average molecular weight is 559 g/mol. The molecule has 1 heterocycles. The van der Waals surface area contributed by atoms with Gasteiger partial charge in [0, 0.05) is 11.4 Å². The molecule has 0 unspecified atom stereocenters. The third-order valence-corrected chi connectivity index (χ3v) is 5.97. The van der Waals surface area contributed by atoms with Crippen LogP contribution in [0.5, 0.6) is 5.75 Å². The molecule has 0 bridgehead atoms. The Morgan fingerprint density at radius 2 is 1.33 bits per heavy atom. The van der Waals surface area contributed by atoms with Crippen LogP contribution in [-0.2, 0) is 16.2 Å². The summed E-state index contributed by atoms with van der Waals surface area (Å²) in [6.45, 7) is 0. The number of nitrogens with two attached hydrogens (primary N) is 1. The topological polar surface area (TPSA) is 157 Å². The zero-order valence-corrected chi connectivity index (χ0v) is 21.0. The molecular weight excluding hydrogens is 537 g/mol. The maximum Gasteiger partial charge on any atom is 0.416 e. The molecule has 4 aromatic rings. The molecule has 0 radical (unpaired) electrons. The van der Waals surface area contributed by atoms with Crippen LogP contribution in [0, 0.1) is 0 Å². The van der Waals surface area contributed by atoms with E-state index in [1.54, 1.807) is 31.4 Å². The lowest BCUT2D eigenvalue weighted by Gasteiger charge is -2.11. The first-order chi connectivity index (χ1) is 18.5. The standard InChI is InChI=1S/C24H21F3N8O3S/c1-38-19-10-6-17(7-11-19)30-21-32-22(31-18-8-12-20(13-9-18)39(28,36)37)34-23(33-21)35-29-14-15-2-4-16(5-3-15)24(25,26)27/h2-14H,1H3,(H2,28,36,37)(H3,30,31,32,33,34,35)/b29-14+. The molecule has 5 N–H and O–H groups in total. The number of primary sulfonamides is 1. The van der Waals surface area contributed by atoms with Gasteiger partial charge in [0.1, 0.15) is 5.75 Å². The maximum absolute atomic E-state index is 12.8. The molecule has 15 heteroatoms. The summed E-state index contributed by atoms with van der Waals surface area (Å²) in [6, 6.07) is 17.0. The molecule has 0 aliphatic rings. The number of benzene rings is 3. The van der Waals surface area contributed by atoms with Crippen LogP contribution < -0.4 is 25.9 Å². The highest BCUT2D eigenvalue weighted by Gasteiger charge is 2.29. The fourth-order valence-electron chi connectivity index (χ4n) is 3.12. The predicted molar refractivity (Wildman–Crippen MR) is 140 cm³/mol. The van der Waals surface area contributed by atoms with Crippen molar-refractivity contribution in [3.8, 4) is 5.75 Å². The molecule has 0 atom stereocenters. The first kappa shape index (κ1) is 27.3. The smallest absolute Gasteiger partial charge is 0.416 e. The second-order valence-electron chi connectivity index (χ2n) is 7.84. The number of halogens is 3. The zero-order chi connectivity index (χ0) is 28.0. The predicted octanol–water partition coefficient (Wildman–Crippen LogP) is 4.48. The number of methoxy groups -OCH3 is 1. The van der Waals surface area contributed by atoms with Gasteiger partial charge in [-0.25, -0.2) is 19.0 Å². The van der Waals surface area contributed by atoms with E-state index in [9.17, 15) is 21.6 Å². The lowest BCUT2D eigenvalue weighted by molar-refractivity contribution is -0.137. The molecule has 3 aromatic carbocycles. The normalized spacial score (nSPS) is 11.8. The second kappa shape index (κ2) is 11.3. The van der Waals surface area contributed by atoms with Crippen LogP contribution in [0.1, 0.15) is 11.1 Å². The van der Waals surface area contributed by atoms with Crippen LogP contribution in [-0.4, -0.2) is 36.7 Å².